The minimum absolute atomic E-state index is 0.0175. The summed E-state index contributed by atoms with van der Waals surface area (Å²) in [6.07, 6.45) is -3.49. The van der Waals surface area contributed by atoms with Crippen LogP contribution in [0.1, 0.15) is 35.5 Å². The monoisotopic (exact) mass is 532 g/mol. The first-order valence-corrected chi connectivity index (χ1v) is 11.2. The number of carbonyl (C=O) groups is 2. The molecule has 0 atom stereocenters. The van der Waals surface area contributed by atoms with Crippen LogP contribution in [0.2, 0.25) is 5.15 Å². The van der Waals surface area contributed by atoms with E-state index in [1.165, 1.54) is 44.3 Å². The Labute approximate surface area is 214 Å². The lowest BCUT2D eigenvalue weighted by molar-refractivity contribution is -0.274. The third kappa shape index (κ3) is 5.24. The van der Waals surface area contributed by atoms with E-state index in [0.29, 0.717) is 16.8 Å². The number of hydrogen-bond donors (Lipinski definition) is 1. The van der Waals surface area contributed by atoms with Crippen LogP contribution in [-0.2, 0) is 4.79 Å². The van der Waals surface area contributed by atoms with Gasteiger partial charge in [0, 0.05) is 35.1 Å². The van der Waals surface area contributed by atoms with Crippen LogP contribution in [0.4, 0.5) is 13.2 Å². The molecule has 2 aromatic heterocycles. The largest absolute Gasteiger partial charge is 0.573 e. The molecule has 0 amide bonds. The quantitative estimate of drug-likeness (QED) is 0.220. The molecule has 7 nitrogen and oxygen atoms in total. The summed E-state index contributed by atoms with van der Waals surface area (Å²) < 4.78 is 50.2. The molecule has 2 heterocycles. The molecule has 0 fully saturated rings. The Morgan fingerprint density at radius 2 is 1.70 bits per heavy atom. The van der Waals surface area contributed by atoms with Gasteiger partial charge in [0.05, 0.1) is 16.6 Å². The van der Waals surface area contributed by atoms with Gasteiger partial charge in [0.25, 0.3) is 0 Å². The minimum Gasteiger partial charge on any atom is -0.478 e. The van der Waals surface area contributed by atoms with Crippen molar-refractivity contribution >= 4 is 34.3 Å². The number of ether oxygens (including phenoxy) is 2. The molecule has 4 aromatic rings. The third-order valence-electron chi connectivity index (χ3n) is 5.60. The van der Waals surface area contributed by atoms with Gasteiger partial charge in [0.1, 0.15) is 16.7 Å². The number of benzene rings is 2. The van der Waals surface area contributed by atoms with E-state index in [9.17, 15) is 27.9 Å². The Bertz CT molecular complexity index is 1530. The molecular formula is C26H20ClF3N2O5. The number of aromatic nitrogens is 2. The van der Waals surface area contributed by atoms with Gasteiger partial charge in [-0.25, -0.2) is 9.78 Å². The molecule has 0 aliphatic rings. The van der Waals surface area contributed by atoms with Gasteiger partial charge in [0.15, 0.2) is 11.4 Å². The van der Waals surface area contributed by atoms with Crippen molar-refractivity contribution in [2.75, 3.05) is 0 Å². The van der Waals surface area contributed by atoms with E-state index in [1.54, 1.807) is 35.8 Å². The first-order valence-electron chi connectivity index (χ1n) is 10.9. The molecule has 11 heteroatoms. The average Bonchev–Trinajstić information content (AvgIpc) is 3.08. The van der Waals surface area contributed by atoms with Crippen LogP contribution in [0.3, 0.4) is 0 Å². The van der Waals surface area contributed by atoms with Crippen molar-refractivity contribution in [2.45, 2.75) is 32.7 Å². The topological polar surface area (TPSA) is 90.6 Å². The fourth-order valence-corrected chi connectivity index (χ4v) is 4.13. The van der Waals surface area contributed by atoms with Crippen LogP contribution in [-0.4, -0.2) is 38.4 Å². The Kier molecular flexibility index (Phi) is 6.64. The summed E-state index contributed by atoms with van der Waals surface area (Å²) in [6.45, 7) is 4.40. The summed E-state index contributed by atoms with van der Waals surface area (Å²) in [5.41, 5.74) is -0.140. The molecule has 0 unspecified atom stereocenters. The number of fused-ring (bicyclic) bond motifs is 1. The normalized spacial score (nSPS) is 12.0. The van der Waals surface area contributed by atoms with Gasteiger partial charge < -0.3 is 19.1 Å². The second-order valence-corrected chi connectivity index (χ2v) is 8.97. The van der Waals surface area contributed by atoms with Crippen LogP contribution < -0.4 is 9.47 Å². The lowest BCUT2D eigenvalue weighted by Crippen LogP contribution is -2.37. The predicted octanol–water partition coefficient (Wildman–Crippen LogP) is 6.36. The maximum Gasteiger partial charge on any atom is 0.573 e. The number of pyridine rings is 1. The SMILES string of the molecule is Cc1c(C(=O)c2cccnc2Cl)c2ccc(OC(F)(F)F)cc2n1-c1cccc(OC(C)(C)C(=O)O)c1. The number of nitrogens with zero attached hydrogens (tertiary/aromatic N) is 2. The van der Waals surface area contributed by atoms with Gasteiger partial charge in [-0.05, 0) is 57.2 Å². The zero-order chi connectivity index (χ0) is 27.1. The van der Waals surface area contributed by atoms with E-state index in [-0.39, 0.29) is 27.5 Å². The summed E-state index contributed by atoms with van der Waals surface area (Å²) in [5, 5.41) is 9.74. The highest BCUT2D eigenvalue weighted by molar-refractivity contribution is 6.34. The Hall–Kier alpha value is -4.05. The third-order valence-corrected chi connectivity index (χ3v) is 5.91. The number of alkyl halides is 3. The molecular weight excluding hydrogens is 513 g/mol. The highest BCUT2D eigenvalue weighted by atomic mass is 35.5. The van der Waals surface area contributed by atoms with E-state index < -0.39 is 29.5 Å². The number of rotatable bonds is 7. The Morgan fingerprint density at radius 1 is 1.00 bits per heavy atom. The molecule has 0 saturated heterocycles. The maximum atomic E-state index is 13.6. The summed E-state index contributed by atoms with van der Waals surface area (Å²) in [6, 6.07) is 13.0. The van der Waals surface area contributed by atoms with Crippen molar-refractivity contribution in [1.29, 1.82) is 0 Å². The molecule has 37 heavy (non-hydrogen) atoms. The van der Waals surface area contributed by atoms with Crippen molar-refractivity contribution in [3.8, 4) is 17.2 Å². The molecule has 0 radical (unpaired) electrons. The summed E-state index contributed by atoms with van der Waals surface area (Å²) >= 11 is 6.15. The van der Waals surface area contributed by atoms with Gasteiger partial charge in [-0.15, -0.1) is 13.2 Å². The number of carboxylic acid groups (broad SMARTS) is 1. The number of aliphatic carboxylic acids is 1. The van der Waals surface area contributed by atoms with Crippen molar-refractivity contribution < 1.29 is 37.3 Å². The van der Waals surface area contributed by atoms with Crippen molar-refractivity contribution in [2.24, 2.45) is 0 Å². The number of carboxylic acids is 1. The van der Waals surface area contributed by atoms with Gasteiger partial charge in [0.2, 0.25) is 0 Å². The molecule has 0 aliphatic carbocycles. The van der Waals surface area contributed by atoms with Gasteiger partial charge in [-0.2, -0.15) is 0 Å². The number of halogens is 4. The highest BCUT2D eigenvalue weighted by Crippen LogP contribution is 2.36. The average molecular weight is 533 g/mol. The summed E-state index contributed by atoms with van der Waals surface area (Å²) in [4.78, 5) is 29.0. The lowest BCUT2D eigenvalue weighted by Gasteiger charge is -2.22. The van der Waals surface area contributed by atoms with E-state index in [1.807, 2.05) is 0 Å². The van der Waals surface area contributed by atoms with E-state index in [0.717, 1.165) is 6.07 Å². The molecule has 0 bridgehead atoms. The summed E-state index contributed by atoms with van der Waals surface area (Å²) in [5.74, 6) is -1.92. The zero-order valence-corrected chi connectivity index (χ0v) is 20.5. The molecule has 0 saturated carbocycles. The Balaban J connectivity index is 1.94. The van der Waals surface area contributed by atoms with E-state index in [4.69, 9.17) is 16.3 Å². The zero-order valence-electron chi connectivity index (χ0n) is 19.8. The van der Waals surface area contributed by atoms with Crippen molar-refractivity contribution in [1.82, 2.24) is 9.55 Å². The van der Waals surface area contributed by atoms with E-state index in [2.05, 4.69) is 9.72 Å². The van der Waals surface area contributed by atoms with Gasteiger partial charge in [-0.3, -0.25) is 4.79 Å². The first-order chi connectivity index (χ1) is 17.3. The van der Waals surface area contributed by atoms with Crippen LogP contribution in [0.15, 0.2) is 60.8 Å². The number of hydrogen-bond acceptors (Lipinski definition) is 5. The van der Waals surface area contributed by atoms with Crippen LogP contribution in [0, 0.1) is 6.92 Å². The molecule has 4 rings (SSSR count). The number of ketones is 1. The van der Waals surface area contributed by atoms with Crippen molar-refractivity contribution in [3.63, 3.8) is 0 Å². The lowest BCUT2D eigenvalue weighted by atomic mass is 10.0. The fraction of sp³-hybridized carbons (Fsp3) is 0.192. The molecule has 1 N–H and O–H groups in total. The molecule has 2 aromatic carbocycles. The Morgan fingerprint density at radius 3 is 2.35 bits per heavy atom. The molecule has 0 spiro atoms. The maximum absolute atomic E-state index is 13.6. The highest BCUT2D eigenvalue weighted by Gasteiger charge is 2.32. The van der Waals surface area contributed by atoms with Crippen LogP contribution in [0.5, 0.6) is 11.5 Å². The van der Waals surface area contributed by atoms with E-state index >= 15 is 0 Å². The van der Waals surface area contributed by atoms with Gasteiger partial charge in [-0.1, -0.05) is 17.7 Å². The smallest absolute Gasteiger partial charge is 0.478 e. The van der Waals surface area contributed by atoms with Crippen LogP contribution >= 0.6 is 11.6 Å². The second kappa shape index (κ2) is 9.44. The van der Waals surface area contributed by atoms with Gasteiger partial charge >= 0.3 is 12.3 Å². The second-order valence-electron chi connectivity index (χ2n) is 8.61. The molecule has 192 valence electrons. The first kappa shape index (κ1) is 26.0. The fourth-order valence-electron chi connectivity index (χ4n) is 3.93. The van der Waals surface area contributed by atoms with Crippen LogP contribution in [0.25, 0.3) is 16.6 Å². The minimum atomic E-state index is -4.92. The van der Waals surface area contributed by atoms with Crippen molar-refractivity contribution in [3.05, 3.63) is 82.8 Å². The summed E-state index contributed by atoms with van der Waals surface area (Å²) in [7, 11) is 0. The molecule has 0 aliphatic heterocycles. The predicted molar refractivity (Wildman–Crippen MR) is 130 cm³/mol. The number of carbonyl (C=O) groups excluding carboxylic acids is 1. The standard InChI is InChI=1S/C26H20ClF3N2O5/c1-14-21(22(33)19-8-5-11-31-23(19)27)18-10-9-17(37-26(28,29)30)13-20(18)32(14)15-6-4-7-16(12-15)36-25(2,3)24(34)35/h4-13H,1-3H3,(H,34,35).